The molecule has 0 unspecified atom stereocenters. The molecule has 1 N–H and O–H groups in total. The van der Waals surface area contributed by atoms with E-state index in [0.29, 0.717) is 5.56 Å². The molecule has 0 saturated carbocycles. The van der Waals surface area contributed by atoms with Crippen LogP contribution in [0.2, 0.25) is 0 Å². The quantitative estimate of drug-likeness (QED) is 0.871. The second-order valence-electron chi connectivity index (χ2n) is 4.88. The van der Waals surface area contributed by atoms with Crippen LogP contribution in [0.1, 0.15) is 37.1 Å². The zero-order valence-electron chi connectivity index (χ0n) is 11.3. The molecule has 0 atom stereocenters. The molecule has 1 aliphatic heterocycles. The van der Waals surface area contributed by atoms with E-state index >= 15 is 0 Å². The van der Waals surface area contributed by atoms with Gasteiger partial charge in [0.1, 0.15) is 0 Å². The van der Waals surface area contributed by atoms with Gasteiger partial charge in [-0.05, 0) is 24.6 Å². The molecule has 0 spiro atoms. The van der Waals surface area contributed by atoms with Gasteiger partial charge in [-0.1, -0.05) is 13.8 Å². The first-order valence-corrected chi connectivity index (χ1v) is 6.78. The molecule has 0 radical (unpaired) electrons. The Morgan fingerprint density at radius 1 is 1.39 bits per heavy atom. The Hall–Kier alpha value is -1.13. The highest BCUT2D eigenvalue weighted by Crippen LogP contribution is 2.19. The van der Waals surface area contributed by atoms with Crippen molar-refractivity contribution in [1.29, 1.82) is 0 Å². The first-order valence-electron chi connectivity index (χ1n) is 6.78. The van der Waals surface area contributed by atoms with E-state index in [1.54, 1.807) is 0 Å². The van der Waals surface area contributed by atoms with Crippen molar-refractivity contribution in [1.82, 2.24) is 9.47 Å². The molecule has 0 aliphatic carbocycles. The number of nitrogens with zero attached hydrogens (tertiary/aromatic N) is 2. The highest BCUT2D eigenvalue weighted by Gasteiger charge is 2.20. The number of fused-ring (bicyclic) bond motifs is 1. The maximum absolute atomic E-state index is 12.2. The minimum absolute atomic E-state index is 0.0111. The van der Waals surface area contributed by atoms with Crippen LogP contribution in [0.3, 0.4) is 0 Å². The Morgan fingerprint density at radius 2 is 2.17 bits per heavy atom. The lowest BCUT2D eigenvalue weighted by Gasteiger charge is -2.30. The number of hydrogen-bond donors (Lipinski definition) is 1. The van der Waals surface area contributed by atoms with Crippen LogP contribution in [0, 0.1) is 0 Å². The standard InChI is InChI=1S/C14H22N2O2/c1-3-6-16-13-5-7-15(4-2)9-11(13)8-12(10-17)14(16)18/h8,17H,3-7,9-10H2,1-2H3. The van der Waals surface area contributed by atoms with Gasteiger partial charge in [0, 0.05) is 37.3 Å². The lowest BCUT2D eigenvalue weighted by molar-refractivity contribution is 0.256. The lowest BCUT2D eigenvalue weighted by atomic mass is 10.0. The van der Waals surface area contributed by atoms with Crippen LogP contribution in [0.25, 0.3) is 0 Å². The van der Waals surface area contributed by atoms with Gasteiger partial charge in [0.2, 0.25) is 0 Å². The number of hydrogen-bond acceptors (Lipinski definition) is 3. The molecule has 1 aliphatic rings. The van der Waals surface area contributed by atoms with Gasteiger partial charge < -0.3 is 9.67 Å². The summed E-state index contributed by atoms with van der Waals surface area (Å²) >= 11 is 0. The highest BCUT2D eigenvalue weighted by atomic mass is 16.3. The summed E-state index contributed by atoms with van der Waals surface area (Å²) in [5.41, 5.74) is 2.90. The topological polar surface area (TPSA) is 45.5 Å². The number of rotatable bonds is 4. The number of pyridine rings is 1. The Morgan fingerprint density at radius 3 is 2.78 bits per heavy atom. The first kappa shape index (κ1) is 13.3. The van der Waals surface area contributed by atoms with Gasteiger partial charge in [-0.25, -0.2) is 0 Å². The molecule has 0 amide bonds. The zero-order chi connectivity index (χ0) is 13.1. The van der Waals surface area contributed by atoms with Crippen molar-refractivity contribution in [2.75, 3.05) is 13.1 Å². The van der Waals surface area contributed by atoms with Gasteiger partial charge in [0.15, 0.2) is 0 Å². The summed E-state index contributed by atoms with van der Waals surface area (Å²) in [4.78, 5) is 14.6. The fraction of sp³-hybridized carbons (Fsp3) is 0.643. The maximum atomic E-state index is 12.2. The molecule has 0 bridgehead atoms. The van der Waals surface area contributed by atoms with E-state index in [1.165, 1.54) is 11.3 Å². The minimum atomic E-state index is -0.165. The SMILES string of the molecule is CCCn1c2c(cc(CO)c1=O)CN(CC)CC2. The molecule has 4 nitrogen and oxygen atoms in total. The second kappa shape index (κ2) is 5.67. The van der Waals surface area contributed by atoms with Crippen LogP contribution in [-0.4, -0.2) is 27.7 Å². The van der Waals surface area contributed by atoms with Crippen LogP contribution in [0.15, 0.2) is 10.9 Å². The summed E-state index contributed by atoms with van der Waals surface area (Å²) in [6.45, 7) is 7.75. The predicted octanol–water partition coefficient (Wildman–Crippen LogP) is 1.13. The first-order chi connectivity index (χ1) is 8.71. The monoisotopic (exact) mass is 250 g/mol. The van der Waals surface area contributed by atoms with E-state index in [1.807, 2.05) is 10.6 Å². The molecule has 1 aromatic heterocycles. The normalized spacial score (nSPS) is 15.7. The van der Waals surface area contributed by atoms with Gasteiger partial charge in [-0.3, -0.25) is 9.69 Å². The largest absolute Gasteiger partial charge is 0.391 e. The summed E-state index contributed by atoms with van der Waals surface area (Å²) in [6.07, 6.45) is 1.88. The zero-order valence-corrected chi connectivity index (χ0v) is 11.3. The van der Waals surface area contributed by atoms with Crippen LogP contribution in [0.4, 0.5) is 0 Å². The molecule has 2 heterocycles. The Kier molecular flexibility index (Phi) is 4.19. The average Bonchev–Trinajstić information content (AvgIpc) is 2.41. The molecule has 0 saturated heterocycles. The third-order valence-electron chi connectivity index (χ3n) is 3.69. The summed E-state index contributed by atoms with van der Waals surface area (Å²) in [5.74, 6) is 0. The van der Waals surface area contributed by atoms with Gasteiger partial charge >= 0.3 is 0 Å². The van der Waals surface area contributed by atoms with Crippen molar-refractivity contribution in [3.8, 4) is 0 Å². The predicted molar refractivity (Wildman–Crippen MR) is 71.6 cm³/mol. The van der Waals surface area contributed by atoms with Gasteiger partial charge in [-0.15, -0.1) is 0 Å². The Labute approximate surface area is 108 Å². The number of likely N-dealkylation sites (N-methyl/N-ethyl adjacent to an activating group) is 1. The summed E-state index contributed by atoms with van der Waals surface area (Å²) < 4.78 is 1.87. The molecule has 0 fully saturated rings. The molecule has 18 heavy (non-hydrogen) atoms. The van der Waals surface area contributed by atoms with Crippen molar-refractivity contribution in [2.24, 2.45) is 0 Å². The maximum Gasteiger partial charge on any atom is 0.256 e. The molecule has 2 rings (SSSR count). The average molecular weight is 250 g/mol. The van der Waals surface area contributed by atoms with E-state index < -0.39 is 0 Å². The molecule has 4 heteroatoms. The van der Waals surface area contributed by atoms with Gasteiger partial charge in [0.05, 0.1) is 6.61 Å². The fourth-order valence-electron chi connectivity index (χ4n) is 2.68. The molecule has 1 aromatic rings. The van der Waals surface area contributed by atoms with Crippen molar-refractivity contribution in [2.45, 2.75) is 46.4 Å². The Balaban J connectivity index is 2.49. The lowest BCUT2D eigenvalue weighted by Crippen LogP contribution is -2.36. The number of aliphatic hydroxyl groups excluding tert-OH is 1. The van der Waals surface area contributed by atoms with E-state index in [-0.39, 0.29) is 12.2 Å². The Bertz CT molecular complexity index is 479. The number of aromatic nitrogens is 1. The third-order valence-corrected chi connectivity index (χ3v) is 3.69. The number of aliphatic hydroxyl groups is 1. The van der Waals surface area contributed by atoms with Crippen LogP contribution in [0.5, 0.6) is 0 Å². The third kappa shape index (κ3) is 2.35. The van der Waals surface area contributed by atoms with Crippen molar-refractivity contribution >= 4 is 0 Å². The van der Waals surface area contributed by atoms with Crippen molar-refractivity contribution in [3.63, 3.8) is 0 Å². The second-order valence-corrected chi connectivity index (χ2v) is 4.88. The van der Waals surface area contributed by atoms with Crippen LogP contribution < -0.4 is 5.56 Å². The van der Waals surface area contributed by atoms with Crippen LogP contribution in [-0.2, 0) is 26.1 Å². The minimum Gasteiger partial charge on any atom is -0.391 e. The van der Waals surface area contributed by atoms with Gasteiger partial charge in [0.25, 0.3) is 5.56 Å². The fourth-order valence-corrected chi connectivity index (χ4v) is 2.68. The molecule has 100 valence electrons. The molecular formula is C14H22N2O2. The summed E-state index contributed by atoms with van der Waals surface area (Å²) in [6, 6.07) is 1.89. The van der Waals surface area contributed by atoms with E-state index in [0.717, 1.165) is 39.0 Å². The smallest absolute Gasteiger partial charge is 0.256 e. The van der Waals surface area contributed by atoms with Crippen molar-refractivity contribution < 1.29 is 5.11 Å². The molecular weight excluding hydrogens is 228 g/mol. The van der Waals surface area contributed by atoms with E-state index in [4.69, 9.17) is 0 Å². The van der Waals surface area contributed by atoms with E-state index in [9.17, 15) is 9.90 Å². The molecule has 0 aromatic carbocycles. The summed E-state index contributed by atoms with van der Waals surface area (Å²) in [7, 11) is 0. The highest BCUT2D eigenvalue weighted by molar-refractivity contribution is 5.28. The summed E-state index contributed by atoms with van der Waals surface area (Å²) in [5, 5.41) is 9.31. The van der Waals surface area contributed by atoms with Crippen LogP contribution >= 0.6 is 0 Å². The van der Waals surface area contributed by atoms with Crippen molar-refractivity contribution in [3.05, 3.63) is 33.2 Å². The van der Waals surface area contributed by atoms with Gasteiger partial charge in [-0.2, -0.15) is 0 Å². The van der Waals surface area contributed by atoms with E-state index in [2.05, 4.69) is 18.7 Å².